The number of hydrogen-bond acceptors (Lipinski definition) is 6. The minimum absolute atomic E-state index is 0.0922. The highest BCUT2D eigenvalue weighted by atomic mass is 16.5. The topological polar surface area (TPSA) is 85.5 Å². The molecule has 156 valence electrons. The van der Waals surface area contributed by atoms with E-state index in [2.05, 4.69) is 9.97 Å². The third-order valence-electron chi connectivity index (χ3n) is 5.61. The quantitative estimate of drug-likeness (QED) is 0.510. The van der Waals surface area contributed by atoms with Crippen molar-refractivity contribution < 1.29 is 9.53 Å². The molecule has 1 aromatic carbocycles. The number of pyridine rings is 1. The number of carbonyl (C=O) groups excluding carboxylic acids is 1. The van der Waals surface area contributed by atoms with Crippen molar-refractivity contribution in [2.24, 2.45) is 0 Å². The minimum Gasteiger partial charge on any atom is -0.497 e. The van der Waals surface area contributed by atoms with Crippen LogP contribution in [0.1, 0.15) is 35.1 Å². The lowest BCUT2D eigenvalue weighted by Gasteiger charge is -2.31. The van der Waals surface area contributed by atoms with Crippen LogP contribution in [-0.2, 0) is 0 Å². The average molecular weight is 414 g/mol. The van der Waals surface area contributed by atoms with Gasteiger partial charge in [0, 0.05) is 43.2 Å². The Kier molecular flexibility index (Phi) is 5.03. The lowest BCUT2D eigenvalue weighted by molar-refractivity contribution is 0.0698. The molecule has 1 aliphatic rings. The van der Waals surface area contributed by atoms with Gasteiger partial charge in [0.25, 0.3) is 5.91 Å². The predicted octanol–water partition coefficient (Wildman–Crippen LogP) is 3.21. The van der Waals surface area contributed by atoms with Gasteiger partial charge < -0.3 is 9.64 Å². The van der Waals surface area contributed by atoms with Crippen LogP contribution in [0.4, 0.5) is 0 Å². The largest absolute Gasteiger partial charge is 0.497 e. The number of benzene rings is 1. The normalized spacial score (nSPS) is 16.4. The zero-order valence-corrected chi connectivity index (χ0v) is 17.2. The molecule has 0 spiro atoms. The summed E-state index contributed by atoms with van der Waals surface area (Å²) in [4.78, 5) is 27.5. The number of aromatic nitrogens is 5. The Morgan fingerprint density at radius 2 is 2.10 bits per heavy atom. The third kappa shape index (κ3) is 3.84. The molecule has 0 bridgehead atoms. The summed E-state index contributed by atoms with van der Waals surface area (Å²) in [7, 11) is 1.66. The first-order valence-corrected chi connectivity index (χ1v) is 10.3. The molecule has 0 unspecified atom stereocenters. The molecule has 1 aliphatic heterocycles. The zero-order valence-electron chi connectivity index (χ0n) is 17.2. The van der Waals surface area contributed by atoms with Crippen LogP contribution in [0, 0.1) is 0 Å². The van der Waals surface area contributed by atoms with Crippen LogP contribution in [0.5, 0.6) is 5.75 Å². The van der Waals surface area contributed by atoms with Crippen LogP contribution in [0.3, 0.4) is 0 Å². The Morgan fingerprint density at radius 3 is 2.94 bits per heavy atom. The first-order valence-electron chi connectivity index (χ1n) is 10.3. The number of nitrogens with zero attached hydrogens (tertiary/aromatic N) is 6. The summed E-state index contributed by atoms with van der Waals surface area (Å²) in [6, 6.07) is 11.9. The van der Waals surface area contributed by atoms with Crippen LogP contribution < -0.4 is 4.74 Å². The van der Waals surface area contributed by atoms with Crippen molar-refractivity contribution in [2.75, 3.05) is 20.2 Å². The summed E-state index contributed by atoms with van der Waals surface area (Å²) >= 11 is 0. The van der Waals surface area contributed by atoms with Gasteiger partial charge >= 0.3 is 0 Å². The Morgan fingerprint density at radius 1 is 1.16 bits per heavy atom. The second-order valence-corrected chi connectivity index (χ2v) is 7.60. The van der Waals surface area contributed by atoms with Gasteiger partial charge in [-0.1, -0.05) is 12.1 Å². The Bertz CT molecular complexity index is 1220. The molecule has 4 heterocycles. The molecule has 31 heavy (non-hydrogen) atoms. The van der Waals surface area contributed by atoms with E-state index < -0.39 is 0 Å². The highest BCUT2D eigenvalue weighted by molar-refractivity contribution is 5.92. The van der Waals surface area contributed by atoms with E-state index in [9.17, 15) is 4.79 Å². The standard InChI is InChI=1S/C23H22N6O2/c1-31-19-6-2-4-16(12-19)17-7-8-21-26-22(27-29(21)15-17)18-5-3-11-28(14-18)23(30)20-13-24-9-10-25-20/h2,4,6-10,12-13,15,18H,3,5,11,14H2,1H3/t18-/m1/s1. The summed E-state index contributed by atoms with van der Waals surface area (Å²) in [6.45, 7) is 1.29. The van der Waals surface area contributed by atoms with E-state index in [1.165, 1.54) is 12.4 Å². The third-order valence-corrected chi connectivity index (χ3v) is 5.61. The van der Waals surface area contributed by atoms with Gasteiger partial charge in [-0.2, -0.15) is 5.10 Å². The minimum atomic E-state index is -0.0955. The van der Waals surface area contributed by atoms with Crippen LogP contribution >= 0.6 is 0 Å². The first kappa shape index (κ1) is 19.2. The number of fused-ring (bicyclic) bond motifs is 1. The van der Waals surface area contributed by atoms with Gasteiger partial charge in [-0.05, 0) is 42.7 Å². The van der Waals surface area contributed by atoms with Crippen molar-refractivity contribution in [1.29, 1.82) is 0 Å². The number of amides is 1. The molecule has 5 rings (SSSR count). The van der Waals surface area contributed by atoms with E-state index in [4.69, 9.17) is 14.8 Å². The maximum absolute atomic E-state index is 12.8. The molecule has 3 aromatic heterocycles. The summed E-state index contributed by atoms with van der Waals surface area (Å²) in [5, 5.41) is 4.74. The number of rotatable bonds is 4. The summed E-state index contributed by atoms with van der Waals surface area (Å²) in [5.74, 6) is 1.57. The number of likely N-dealkylation sites (tertiary alicyclic amines) is 1. The fourth-order valence-corrected chi connectivity index (χ4v) is 3.99. The zero-order chi connectivity index (χ0) is 21.2. The summed E-state index contributed by atoms with van der Waals surface area (Å²) in [5.41, 5.74) is 3.25. The second kappa shape index (κ2) is 8.14. The molecule has 0 saturated carbocycles. The smallest absolute Gasteiger partial charge is 0.274 e. The van der Waals surface area contributed by atoms with Gasteiger partial charge in [0.15, 0.2) is 11.5 Å². The van der Waals surface area contributed by atoms with Crippen LogP contribution in [-0.4, -0.2) is 55.6 Å². The number of ether oxygens (including phenoxy) is 1. The van der Waals surface area contributed by atoms with E-state index >= 15 is 0 Å². The van der Waals surface area contributed by atoms with Gasteiger partial charge in [-0.3, -0.25) is 9.78 Å². The lowest BCUT2D eigenvalue weighted by atomic mass is 9.97. The maximum atomic E-state index is 12.8. The highest BCUT2D eigenvalue weighted by Crippen LogP contribution is 2.27. The van der Waals surface area contributed by atoms with Crippen LogP contribution in [0.25, 0.3) is 16.8 Å². The van der Waals surface area contributed by atoms with Crippen molar-refractivity contribution in [1.82, 2.24) is 29.5 Å². The van der Waals surface area contributed by atoms with E-state index in [1.807, 2.05) is 52.0 Å². The maximum Gasteiger partial charge on any atom is 0.274 e. The van der Waals surface area contributed by atoms with Crippen molar-refractivity contribution >= 4 is 11.6 Å². The molecular weight excluding hydrogens is 392 g/mol. The van der Waals surface area contributed by atoms with E-state index in [0.29, 0.717) is 18.8 Å². The molecule has 1 fully saturated rings. The fraction of sp³-hybridized carbons (Fsp3) is 0.261. The Balaban J connectivity index is 1.39. The summed E-state index contributed by atoms with van der Waals surface area (Å²) in [6.07, 6.45) is 8.45. The van der Waals surface area contributed by atoms with Gasteiger partial charge in [0.2, 0.25) is 0 Å². The molecule has 0 N–H and O–H groups in total. The number of hydrogen-bond donors (Lipinski definition) is 0. The van der Waals surface area contributed by atoms with Crippen molar-refractivity contribution in [3.05, 3.63) is 72.7 Å². The van der Waals surface area contributed by atoms with Gasteiger partial charge in [-0.15, -0.1) is 0 Å². The molecule has 8 heteroatoms. The van der Waals surface area contributed by atoms with Gasteiger partial charge in [-0.25, -0.2) is 14.5 Å². The van der Waals surface area contributed by atoms with Gasteiger partial charge in [0.05, 0.1) is 13.3 Å². The summed E-state index contributed by atoms with van der Waals surface area (Å²) < 4.78 is 7.15. The predicted molar refractivity (Wildman–Crippen MR) is 115 cm³/mol. The molecule has 4 aromatic rings. The van der Waals surface area contributed by atoms with Crippen molar-refractivity contribution in [2.45, 2.75) is 18.8 Å². The molecular formula is C23H22N6O2. The molecule has 1 saturated heterocycles. The number of methoxy groups -OCH3 is 1. The number of piperidine rings is 1. The monoisotopic (exact) mass is 414 g/mol. The van der Waals surface area contributed by atoms with E-state index in [-0.39, 0.29) is 11.8 Å². The Hall–Kier alpha value is -3.81. The first-order chi connectivity index (χ1) is 15.2. The average Bonchev–Trinajstić information content (AvgIpc) is 3.28. The van der Waals surface area contributed by atoms with E-state index in [1.54, 1.807) is 13.3 Å². The second-order valence-electron chi connectivity index (χ2n) is 7.60. The molecule has 1 amide bonds. The molecule has 8 nitrogen and oxygen atoms in total. The van der Waals surface area contributed by atoms with Crippen LogP contribution in [0.2, 0.25) is 0 Å². The molecule has 0 radical (unpaired) electrons. The highest BCUT2D eigenvalue weighted by Gasteiger charge is 2.28. The van der Waals surface area contributed by atoms with Crippen molar-refractivity contribution in [3.63, 3.8) is 0 Å². The molecule has 1 atom stereocenters. The van der Waals surface area contributed by atoms with Crippen molar-refractivity contribution in [3.8, 4) is 16.9 Å². The number of carbonyl (C=O) groups is 1. The van der Waals surface area contributed by atoms with Gasteiger partial charge in [0.1, 0.15) is 11.4 Å². The van der Waals surface area contributed by atoms with E-state index in [0.717, 1.165) is 41.2 Å². The lowest BCUT2D eigenvalue weighted by Crippen LogP contribution is -2.39. The van der Waals surface area contributed by atoms with Crippen LogP contribution in [0.15, 0.2) is 61.2 Å². The molecule has 0 aliphatic carbocycles. The SMILES string of the molecule is COc1cccc(-c2ccc3nc([C@@H]4CCCN(C(=O)c5cnccn5)C4)nn3c2)c1. The Labute approximate surface area is 179 Å². The fourth-order valence-electron chi connectivity index (χ4n) is 3.99.